The van der Waals surface area contributed by atoms with Crippen LogP contribution >= 0.6 is 22.6 Å². The van der Waals surface area contributed by atoms with E-state index in [1.807, 2.05) is 24.3 Å². The summed E-state index contributed by atoms with van der Waals surface area (Å²) in [6.07, 6.45) is -0.350. The van der Waals surface area contributed by atoms with Crippen molar-refractivity contribution in [3.05, 3.63) is 33.4 Å². The summed E-state index contributed by atoms with van der Waals surface area (Å²) in [7, 11) is 0. The fourth-order valence-corrected chi connectivity index (χ4v) is 1.10. The quantitative estimate of drug-likeness (QED) is 0.762. The van der Waals surface area contributed by atoms with Gasteiger partial charge in [-0.2, -0.15) is 0 Å². The first-order valence-corrected chi connectivity index (χ1v) is 4.21. The van der Waals surface area contributed by atoms with Gasteiger partial charge in [0, 0.05) is 3.57 Å². The summed E-state index contributed by atoms with van der Waals surface area (Å²) in [6.45, 7) is 1.77. The first-order valence-electron chi connectivity index (χ1n) is 3.13. The maximum atomic E-state index is 9.11. The highest BCUT2D eigenvalue weighted by atomic mass is 127. The highest BCUT2D eigenvalue weighted by Gasteiger charge is 1.97. The van der Waals surface area contributed by atoms with Crippen LogP contribution in [-0.4, -0.2) is 5.11 Å². The summed E-state index contributed by atoms with van der Waals surface area (Å²) >= 11 is 2.24. The third kappa shape index (κ3) is 1.95. The van der Waals surface area contributed by atoms with E-state index < -0.39 is 0 Å². The highest BCUT2D eigenvalue weighted by molar-refractivity contribution is 14.1. The monoisotopic (exact) mass is 254 g/mol. The van der Waals surface area contributed by atoms with E-state index in [0.717, 1.165) is 5.56 Å². The van der Waals surface area contributed by atoms with E-state index in [2.05, 4.69) is 22.6 Å². The molecule has 0 aliphatic carbocycles. The molecule has 0 amide bonds. The lowest BCUT2D eigenvalue weighted by atomic mass is 10.6. The number of rotatable bonds is 1. The first-order chi connectivity index (χ1) is 4.70. The van der Waals surface area contributed by atoms with Crippen LogP contribution < -0.4 is 0 Å². The van der Waals surface area contributed by atoms with Gasteiger partial charge in [0.25, 0.3) is 0 Å². The smallest absolute Gasteiger partial charge is 0.0761 e. The van der Waals surface area contributed by atoms with Crippen LogP contribution in [0.5, 0.6) is 0 Å². The lowest BCUT2D eigenvalue weighted by Crippen LogP contribution is -1.89. The molecule has 1 aromatic carbocycles. The average molecular weight is 254 g/mol. The molecule has 0 fully saturated rings. The minimum absolute atomic E-state index is 0.350. The van der Waals surface area contributed by atoms with Crippen LogP contribution in [0.4, 0.5) is 0 Å². The Morgan fingerprint density at radius 1 is 1.30 bits per heavy atom. The van der Waals surface area contributed by atoms with Crippen molar-refractivity contribution in [2.45, 2.75) is 13.0 Å². The van der Waals surface area contributed by atoms with Gasteiger partial charge in [-0.05, 0) is 47.2 Å². The van der Waals surface area contributed by atoms with E-state index in [-0.39, 0.29) is 6.10 Å². The zero-order valence-corrected chi connectivity index (χ0v) is 7.87. The lowest BCUT2D eigenvalue weighted by Gasteiger charge is -2.02. The van der Waals surface area contributed by atoms with Crippen LogP contribution in [-0.2, 0) is 0 Å². The lowest BCUT2D eigenvalue weighted by molar-refractivity contribution is 0.199. The molecule has 1 N–H and O–H groups in total. The molecule has 54 valence electrons. The number of aliphatic hydroxyl groups is 1. The molecular weight excluding hydrogens is 245 g/mol. The molecule has 0 saturated carbocycles. The molecule has 0 heterocycles. The van der Waals surface area contributed by atoms with E-state index >= 15 is 0 Å². The van der Waals surface area contributed by atoms with Gasteiger partial charge in [0.2, 0.25) is 0 Å². The van der Waals surface area contributed by atoms with Crippen LogP contribution in [0.15, 0.2) is 24.3 Å². The standard InChI is InChI=1S/C8H9IO/c1-6(10)7-2-4-8(9)5-3-7/h2-6,10H,1H3/i2+1,3+1,4+1,5+1,7+1,8+1. The van der Waals surface area contributed by atoms with Crippen molar-refractivity contribution in [1.82, 2.24) is 0 Å². The summed E-state index contributed by atoms with van der Waals surface area (Å²) in [5, 5.41) is 9.11. The van der Waals surface area contributed by atoms with Gasteiger partial charge in [0.15, 0.2) is 0 Å². The van der Waals surface area contributed by atoms with Crippen LogP contribution in [0.25, 0.3) is 0 Å². The van der Waals surface area contributed by atoms with E-state index in [1.54, 1.807) is 6.92 Å². The first kappa shape index (κ1) is 8.01. The van der Waals surface area contributed by atoms with Crippen LogP contribution in [0.1, 0.15) is 18.6 Å². The van der Waals surface area contributed by atoms with Crippen LogP contribution in [0.2, 0.25) is 0 Å². The second kappa shape index (κ2) is 3.34. The Bertz CT molecular complexity index is 203. The molecule has 0 aliphatic rings. The predicted octanol–water partition coefficient (Wildman–Crippen LogP) is 2.34. The Balaban J connectivity index is 2.89. The van der Waals surface area contributed by atoms with Gasteiger partial charge in [0.1, 0.15) is 0 Å². The Labute approximate surface area is 74.2 Å². The molecule has 1 aromatic rings. The van der Waals surface area contributed by atoms with Crippen molar-refractivity contribution >= 4 is 22.6 Å². The third-order valence-electron chi connectivity index (χ3n) is 1.35. The van der Waals surface area contributed by atoms with Crippen molar-refractivity contribution in [1.29, 1.82) is 0 Å². The van der Waals surface area contributed by atoms with E-state index in [0.29, 0.717) is 0 Å². The third-order valence-corrected chi connectivity index (χ3v) is 2.07. The van der Waals surface area contributed by atoms with E-state index in [1.165, 1.54) is 3.57 Å². The average Bonchev–Trinajstić information content (AvgIpc) is 1.88. The Hall–Kier alpha value is -0.0900. The zero-order chi connectivity index (χ0) is 7.56. The number of hydrogen-bond acceptors (Lipinski definition) is 1. The largest absolute Gasteiger partial charge is 0.389 e. The second-order valence-corrected chi connectivity index (χ2v) is 3.47. The molecule has 1 unspecified atom stereocenters. The maximum Gasteiger partial charge on any atom is 0.0761 e. The van der Waals surface area contributed by atoms with Crippen LogP contribution in [0.3, 0.4) is 0 Å². The second-order valence-electron chi connectivity index (χ2n) is 2.23. The Morgan fingerprint density at radius 3 is 2.20 bits per heavy atom. The number of aliphatic hydroxyl groups excluding tert-OH is 1. The molecule has 0 aromatic heterocycles. The van der Waals surface area contributed by atoms with Crippen molar-refractivity contribution in [3.8, 4) is 0 Å². The fraction of sp³-hybridized carbons (Fsp3) is 0.250. The van der Waals surface area contributed by atoms with Gasteiger partial charge < -0.3 is 5.11 Å². The molecule has 1 nitrogen and oxygen atoms in total. The molecule has 0 spiro atoms. The van der Waals surface area contributed by atoms with Gasteiger partial charge in [-0.25, -0.2) is 0 Å². The molecule has 0 bridgehead atoms. The van der Waals surface area contributed by atoms with Gasteiger partial charge in [-0.1, -0.05) is 12.1 Å². The minimum atomic E-state index is -0.350. The molecule has 1 rings (SSSR count). The van der Waals surface area contributed by atoms with Crippen molar-refractivity contribution in [2.75, 3.05) is 0 Å². The summed E-state index contributed by atoms with van der Waals surface area (Å²) in [6, 6.07) is 7.85. The van der Waals surface area contributed by atoms with Gasteiger partial charge in [0.05, 0.1) is 6.10 Å². The van der Waals surface area contributed by atoms with E-state index in [9.17, 15) is 0 Å². The number of halogens is 1. The van der Waals surface area contributed by atoms with E-state index in [4.69, 9.17) is 5.11 Å². The molecular formula is C8H9IO. The van der Waals surface area contributed by atoms with Gasteiger partial charge in [-0.3, -0.25) is 0 Å². The topological polar surface area (TPSA) is 20.2 Å². The summed E-state index contributed by atoms with van der Waals surface area (Å²) < 4.78 is 1.20. The normalized spacial score (nSPS) is 13.1. The molecule has 0 saturated heterocycles. The molecule has 1 atom stereocenters. The SMILES string of the molecule is CC(O)[13c]1[13cH][13cH][13c](I)[13cH][13cH]1. The molecule has 10 heavy (non-hydrogen) atoms. The highest BCUT2D eigenvalue weighted by Crippen LogP contribution is 2.13. The Kier molecular flexibility index (Phi) is 2.68. The summed E-state index contributed by atoms with van der Waals surface area (Å²) in [4.78, 5) is 0. The van der Waals surface area contributed by atoms with Crippen molar-refractivity contribution in [3.63, 3.8) is 0 Å². The summed E-state index contributed by atoms with van der Waals surface area (Å²) in [5.74, 6) is 0. The fourth-order valence-electron chi connectivity index (χ4n) is 0.741. The minimum Gasteiger partial charge on any atom is -0.389 e. The molecule has 0 radical (unpaired) electrons. The number of hydrogen-bond donors (Lipinski definition) is 1. The predicted molar refractivity (Wildman–Crippen MR) is 49.8 cm³/mol. The van der Waals surface area contributed by atoms with Crippen LogP contribution in [0, 0.1) is 3.57 Å². The van der Waals surface area contributed by atoms with Gasteiger partial charge >= 0.3 is 0 Å². The van der Waals surface area contributed by atoms with Crippen molar-refractivity contribution < 1.29 is 5.11 Å². The number of benzene rings is 1. The maximum absolute atomic E-state index is 9.11. The Morgan fingerprint density at radius 2 is 1.80 bits per heavy atom. The zero-order valence-electron chi connectivity index (χ0n) is 5.71. The molecule has 2 heteroatoms. The van der Waals surface area contributed by atoms with Gasteiger partial charge in [-0.15, -0.1) is 0 Å². The van der Waals surface area contributed by atoms with Crippen molar-refractivity contribution in [2.24, 2.45) is 0 Å². The summed E-state index contributed by atoms with van der Waals surface area (Å²) in [5.41, 5.74) is 0.973. The molecule has 0 aliphatic heterocycles.